The standard InChI is InChI=1S/C23H25N5O2/c1-15(2)23(30)28(4)20-10-17(21-6-5-16(3)12-26-21)9-18(11-20)22(29)27-14-19-13-24-7-8-25-19/h5-13,15H,14H2,1-4H3,(H,27,29). The van der Waals surface area contributed by atoms with Gasteiger partial charge in [-0.05, 0) is 36.8 Å². The minimum Gasteiger partial charge on any atom is -0.346 e. The van der Waals surface area contributed by atoms with E-state index in [1.807, 2.05) is 39.0 Å². The fourth-order valence-electron chi connectivity index (χ4n) is 2.93. The normalized spacial score (nSPS) is 10.7. The van der Waals surface area contributed by atoms with Crippen LogP contribution in [0.5, 0.6) is 0 Å². The third-order valence-corrected chi connectivity index (χ3v) is 4.65. The van der Waals surface area contributed by atoms with Crippen molar-refractivity contribution in [2.24, 2.45) is 5.92 Å². The number of carbonyl (C=O) groups is 2. The fourth-order valence-corrected chi connectivity index (χ4v) is 2.93. The quantitative estimate of drug-likeness (QED) is 0.682. The number of nitrogens with zero attached hydrogens (tertiary/aromatic N) is 4. The van der Waals surface area contributed by atoms with Crippen LogP contribution < -0.4 is 10.2 Å². The molecule has 0 unspecified atom stereocenters. The van der Waals surface area contributed by atoms with Gasteiger partial charge in [-0.25, -0.2) is 0 Å². The number of aryl methyl sites for hydroxylation is 1. The van der Waals surface area contributed by atoms with Crippen molar-refractivity contribution in [3.63, 3.8) is 0 Å². The van der Waals surface area contributed by atoms with E-state index in [1.54, 1.807) is 48.9 Å². The van der Waals surface area contributed by atoms with Crippen LogP contribution in [0.2, 0.25) is 0 Å². The molecule has 0 aliphatic carbocycles. The summed E-state index contributed by atoms with van der Waals surface area (Å²) in [4.78, 5) is 39.6. The van der Waals surface area contributed by atoms with Gasteiger partial charge in [0.2, 0.25) is 5.91 Å². The minimum absolute atomic E-state index is 0.0325. The smallest absolute Gasteiger partial charge is 0.251 e. The Balaban J connectivity index is 1.95. The summed E-state index contributed by atoms with van der Waals surface area (Å²) in [6.45, 7) is 5.92. The van der Waals surface area contributed by atoms with Crippen LogP contribution >= 0.6 is 0 Å². The Labute approximate surface area is 176 Å². The van der Waals surface area contributed by atoms with E-state index in [0.717, 1.165) is 16.8 Å². The van der Waals surface area contributed by atoms with E-state index in [1.165, 1.54) is 0 Å². The van der Waals surface area contributed by atoms with Crippen molar-refractivity contribution in [1.82, 2.24) is 20.3 Å². The zero-order valence-electron chi connectivity index (χ0n) is 17.6. The summed E-state index contributed by atoms with van der Waals surface area (Å²) in [5.41, 5.74) is 4.28. The number of benzene rings is 1. The molecule has 1 aromatic carbocycles. The van der Waals surface area contributed by atoms with E-state index in [9.17, 15) is 9.59 Å². The van der Waals surface area contributed by atoms with Crippen LogP contribution in [0, 0.1) is 12.8 Å². The van der Waals surface area contributed by atoms with Gasteiger partial charge < -0.3 is 10.2 Å². The van der Waals surface area contributed by atoms with Gasteiger partial charge in [-0.3, -0.25) is 24.5 Å². The first kappa shape index (κ1) is 21.1. The summed E-state index contributed by atoms with van der Waals surface area (Å²) in [7, 11) is 1.71. The van der Waals surface area contributed by atoms with Crippen LogP contribution in [0.25, 0.3) is 11.3 Å². The third kappa shape index (κ3) is 5.05. The molecule has 0 aliphatic rings. The molecule has 30 heavy (non-hydrogen) atoms. The molecule has 0 aliphatic heterocycles. The molecular weight excluding hydrogens is 378 g/mol. The maximum Gasteiger partial charge on any atom is 0.251 e. The van der Waals surface area contributed by atoms with E-state index in [4.69, 9.17) is 0 Å². The highest BCUT2D eigenvalue weighted by atomic mass is 16.2. The third-order valence-electron chi connectivity index (χ3n) is 4.65. The number of anilines is 1. The predicted octanol–water partition coefficient (Wildman–Crippen LogP) is 3.40. The van der Waals surface area contributed by atoms with Gasteiger partial charge in [-0.15, -0.1) is 0 Å². The van der Waals surface area contributed by atoms with E-state index in [0.29, 0.717) is 16.9 Å². The summed E-state index contributed by atoms with van der Waals surface area (Å²) in [6.07, 6.45) is 6.54. The van der Waals surface area contributed by atoms with Gasteiger partial charge in [0, 0.05) is 48.4 Å². The number of hydrogen-bond donors (Lipinski definition) is 1. The van der Waals surface area contributed by atoms with Crippen molar-refractivity contribution in [3.05, 3.63) is 71.9 Å². The maximum absolute atomic E-state index is 12.9. The number of pyridine rings is 1. The number of aromatic nitrogens is 3. The van der Waals surface area contributed by atoms with Crippen LogP contribution in [0.15, 0.2) is 55.1 Å². The summed E-state index contributed by atoms with van der Waals surface area (Å²) >= 11 is 0. The van der Waals surface area contributed by atoms with Crippen LogP contribution in [-0.4, -0.2) is 33.8 Å². The van der Waals surface area contributed by atoms with Gasteiger partial charge in [0.15, 0.2) is 0 Å². The van der Waals surface area contributed by atoms with Gasteiger partial charge in [0.1, 0.15) is 0 Å². The average Bonchev–Trinajstić information content (AvgIpc) is 2.77. The lowest BCUT2D eigenvalue weighted by atomic mass is 10.0. The number of hydrogen-bond acceptors (Lipinski definition) is 5. The van der Waals surface area contributed by atoms with Crippen molar-refractivity contribution < 1.29 is 9.59 Å². The van der Waals surface area contributed by atoms with Gasteiger partial charge in [0.25, 0.3) is 5.91 Å². The topological polar surface area (TPSA) is 88.1 Å². The van der Waals surface area contributed by atoms with Gasteiger partial charge in [-0.2, -0.15) is 0 Å². The highest BCUT2D eigenvalue weighted by molar-refractivity contribution is 6.00. The number of amides is 2. The molecule has 0 radical (unpaired) electrons. The van der Waals surface area contributed by atoms with Crippen molar-refractivity contribution >= 4 is 17.5 Å². The second kappa shape index (κ2) is 9.26. The Kier molecular flexibility index (Phi) is 6.51. The van der Waals surface area contributed by atoms with E-state index in [2.05, 4.69) is 20.3 Å². The maximum atomic E-state index is 12.9. The van der Waals surface area contributed by atoms with Gasteiger partial charge in [0.05, 0.1) is 24.1 Å². The van der Waals surface area contributed by atoms with Gasteiger partial charge in [-0.1, -0.05) is 19.9 Å². The molecule has 2 aromatic heterocycles. The van der Waals surface area contributed by atoms with Crippen molar-refractivity contribution in [3.8, 4) is 11.3 Å². The number of carbonyl (C=O) groups excluding carboxylic acids is 2. The lowest BCUT2D eigenvalue weighted by molar-refractivity contribution is -0.121. The molecule has 2 amide bonds. The molecule has 154 valence electrons. The zero-order chi connectivity index (χ0) is 21.7. The zero-order valence-corrected chi connectivity index (χ0v) is 17.6. The predicted molar refractivity (Wildman–Crippen MR) is 116 cm³/mol. The molecular formula is C23H25N5O2. The molecule has 0 bridgehead atoms. The van der Waals surface area contributed by atoms with Crippen molar-refractivity contribution in [2.45, 2.75) is 27.3 Å². The Morgan fingerprint density at radius 2 is 1.87 bits per heavy atom. The fraction of sp³-hybridized carbons (Fsp3) is 0.261. The summed E-state index contributed by atoms with van der Waals surface area (Å²) in [6, 6.07) is 9.23. The lowest BCUT2D eigenvalue weighted by Gasteiger charge is -2.21. The van der Waals surface area contributed by atoms with E-state index < -0.39 is 0 Å². The molecule has 0 saturated carbocycles. The Morgan fingerprint density at radius 3 is 2.50 bits per heavy atom. The Bertz CT molecular complexity index is 1030. The monoisotopic (exact) mass is 403 g/mol. The second-order valence-electron chi connectivity index (χ2n) is 7.42. The first-order valence-corrected chi connectivity index (χ1v) is 9.74. The van der Waals surface area contributed by atoms with Crippen LogP contribution in [0.1, 0.15) is 35.5 Å². The molecule has 3 aromatic rings. The number of rotatable bonds is 6. The molecule has 0 spiro atoms. The Morgan fingerprint density at radius 1 is 1.07 bits per heavy atom. The van der Waals surface area contributed by atoms with Crippen LogP contribution in [-0.2, 0) is 11.3 Å². The molecule has 0 saturated heterocycles. The SMILES string of the molecule is Cc1ccc(-c2cc(C(=O)NCc3cnccn3)cc(N(C)C(=O)C(C)C)c2)nc1. The second-order valence-corrected chi connectivity index (χ2v) is 7.42. The Hall–Kier alpha value is -3.61. The molecule has 3 rings (SSSR count). The van der Waals surface area contributed by atoms with E-state index >= 15 is 0 Å². The summed E-state index contributed by atoms with van der Waals surface area (Å²) in [5, 5.41) is 2.86. The van der Waals surface area contributed by atoms with Crippen LogP contribution in [0.3, 0.4) is 0 Å². The lowest BCUT2D eigenvalue weighted by Crippen LogP contribution is -2.31. The molecule has 0 atom stereocenters. The first-order valence-electron chi connectivity index (χ1n) is 9.74. The largest absolute Gasteiger partial charge is 0.346 e. The van der Waals surface area contributed by atoms with Crippen molar-refractivity contribution in [2.75, 3.05) is 11.9 Å². The van der Waals surface area contributed by atoms with Crippen LogP contribution in [0.4, 0.5) is 5.69 Å². The average molecular weight is 403 g/mol. The summed E-state index contributed by atoms with van der Waals surface area (Å²) in [5.74, 6) is -0.457. The molecule has 2 heterocycles. The molecule has 7 nitrogen and oxygen atoms in total. The minimum atomic E-state index is -0.263. The highest BCUT2D eigenvalue weighted by Crippen LogP contribution is 2.26. The highest BCUT2D eigenvalue weighted by Gasteiger charge is 2.18. The summed E-state index contributed by atoms with van der Waals surface area (Å²) < 4.78 is 0. The van der Waals surface area contributed by atoms with Gasteiger partial charge >= 0.3 is 0 Å². The molecule has 7 heteroatoms. The van der Waals surface area contributed by atoms with Crippen molar-refractivity contribution in [1.29, 1.82) is 0 Å². The number of nitrogens with one attached hydrogen (secondary N) is 1. The molecule has 1 N–H and O–H groups in total. The van der Waals surface area contributed by atoms with E-state index in [-0.39, 0.29) is 24.3 Å². The molecule has 0 fully saturated rings. The first-order chi connectivity index (χ1) is 14.3.